The molecule has 0 aromatic heterocycles. The molecule has 2 fully saturated rings. The third kappa shape index (κ3) is 3.64. The molecule has 1 saturated carbocycles. The fraction of sp³-hybridized carbons (Fsp3) is 1.00. The van der Waals surface area contributed by atoms with Gasteiger partial charge in [0.05, 0.1) is 0 Å². The van der Waals surface area contributed by atoms with Crippen LogP contribution in [0, 0.1) is 11.3 Å². The summed E-state index contributed by atoms with van der Waals surface area (Å²) in [6, 6.07) is 0. The number of rotatable bonds is 4. The maximum atomic E-state index is 4.66. The van der Waals surface area contributed by atoms with Gasteiger partial charge in [0, 0.05) is 6.54 Å². The molecule has 100 valence electrons. The van der Waals surface area contributed by atoms with Crippen LogP contribution in [-0.2, 0) is 0 Å². The second-order valence-electron chi connectivity index (χ2n) is 6.35. The predicted molar refractivity (Wildman–Crippen MR) is 78.8 cm³/mol. The zero-order valence-electron chi connectivity index (χ0n) is 11.5. The molecule has 2 aliphatic rings. The summed E-state index contributed by atoms with van der Waals surface area (Å²) in [5.41, 5.74) is 0.556. The molecule has 2 rings (SSSR count). The Morgan fingerprint density at radius 2 is 1.76 bits per heavy atom. The Balaban J connectivity index is 1.82. The molecule has 0 atom stereocenters. The van der Waals surface area contributed by atoms with Gasteiger partial charge in [-0.3, -0.25) is 0 Å². The first-order chi connectivity index (χ1) is 8.28. The first kappa shape index (κ1) is 13.7. The number of thiol groups is 1. The first-order valence-electron chi connectivity index (χ1n) is 7.61. The highest BCUT2D eigenvalue weighted by atomic mass is 32.1. The predicted octanol–water partition coefficient (Wildman–Crippen LogP) is 3.99. The molecule has 1 aliphatic carbocycles. The number of piperidine rings is 1. The molecular weight excluding hydrogens is 226 g/mol. The average molecular weight is 255 g/mol. The van der Waals surface area contributed by atoms with Crippen molar-refractivity contribution >= 4 is 12.6 Å². The average Bonchev–Trinajstić information content (AvgIpc) is 2.41. The third-order valence-corrected chi connectivity index (χ3v) is 5.76. The van der Waals surface area contributed by atoms with E-state index in [1.54, 1.807) is 0 Å². The maximum Gasteiger partial charge on any atom is 0.00458 e. The molecular formula is C15H29NS. The van der Waals surface area contributed by atoms with E-state index in [-0.39, 0.29) is 0 Å². The molecule has 0 N–H and O–H groups in total. The summed E-state index contributed by atoms with van der Waals surface area (Å²) >= 11 is 4.66. The molecule has 2 heteroatoms. The highest BCUT2D eigenvalue weighted by molar-refractivity contribution is 7.80. The molecule has 0 amide bonds. The van der Waals surface area contributed by atoms with Crippen LogP contribution in [0.4, 0.5) is 0 Å². The number of nitrogens with zero attached hydrogens (tertiary/aromatic N) is 1. The summed E-state index contributed by atoms with van der Waals surface area (Å²) in [6.45, 7) is 6.35. The van der Waals surface area contributed by atoms with Crippen LogP contribution in [0.1, 0.15) is 58.3 Å². The molecule has 0 aromatic carbocycles. The molecule has 1 aliphatic heterocycles. The van der Waals surface area contributed by atoms with Crippen LogP contribution in [0.2, 0.25) is 0 Å². The summed E-state index contributed by atoms with van der Waals surface area (Å²) in [5, 5.41) is 0. The fourth-order valence-corrected chi connectivity index (χ4v) is 4.11. The molecule has 0 radical (unpaired) electrons. The number of likely N-dealkylation sites (tertiary alicyclic amines) is 1. The monoisotopic (exact) mass is 255 g/mol. The molecule has 0 unspecified atom stereocenters. The highest BCUT2D eigenvalue weighted by Crippen LogP contribution is 2.38. The molecule has 0 aromatic rings. The van der Waals surface area contributed by atoms with E-state index in [0.29, 0.717) is 5.41 Å². The van der Waals surface area contributed by atoms with Crippen LogP contribution < -0.4 is 0 Å². The summed E-state index contributed by atoms with van der Waals surface area (Å²) in [4.78, 5) is 2.73. The summed E-state index contributed by atoms with van der Waals surface area (Å²) in [7, 11) is 0. The van der Waals surface area contributed by atoms with Crippen LogP contribution in [0.5, 0.6) is 0 Å². The molecule has 1 nitrogen and oxygen atoms in total. The minimum atomic E-state index is 0.556. The smallest absolute Gasteiger partial charge is 0.00458 e. The van der Waals surface area contributed by atoms with Crippen LogP contribution in [0.3, 0.4) is 0 Å². The van der Waals surface area contributed by atoms with E-state index >= 15 is 0 Å². The van der Waals surface area contributed by atoms with E-state index in [1.165, 1.54) is 71.0 Å². The van der Waals surface area contributed by atoms with E-state index in [4.69, 9.17) is 0 Å². The quantitative estimate of drug-likeness (QED) is 0.744. The third-order valence-electron chi connectivity index (χ3n) is 5.09. The van der Waals surface area contributed by atoms with Crippen molar-refractivity contribution in [1.29, 1.82) is 0 Å². The van der Waals surface area contributed by atoms with Crippen molar-refractivity contribution in [3.63, 3.8) is 0 Å². The molecule has 0 spiro atoms. The van der Waals surface area contributed by atoms with Gasteiger partial charge in [0.25, 0.3) is 0 Å². The Morgan fingerprint density at radius 1 is 1.12 bits per heavy atom. The first-order valence-corrected chi connectivity index (χ1v) is 8.24. The van der Waals surface area contributed by atoms with Gasteiger partial charge in [-0.05, 0) is 55.9 Å². The van der Waals surface area contributed by atoms with Gasteiger partial charge < -0.3 is 4.90 Å². The Hall–Kier alpha value is 0.310. The lowest BCUT2D eigenvalue weighted by atomic mass is 9.74. The fourth-order valence-electron chi connectivity index (χ4n) is 3.70. The highest BCUT2D eigenvalue weighted by Gasteiger charge is 2.33. The summed E-state index contributed by atoms with van der Waals surface area (Å²) < 4.78 is 0. The van der Waals surface area contributed by atoms with Gasteiger partial charge in [-0.2, -0.15) is 12.6 Å². The topological polar surface area (TPSA) is 3.24 Å². The molecule has 0 bridgehead atoms. The van der Waals surface area contributed by atoms with Crippen molar-refractivity contribution in [2.45, 2.75) is 58.3 Å². The van der Waals surface area contributed by atoms with Gasteiger partial charge in [0.1, 0.15) is 0 Å². The van der Waals surface area contributed by atoms with Gasteiger partial charge in [-0.15, -0.1) is 0 Å². The molecule has 1 saturated heterocycles. The van der Waals surface area contributed by atoms with E-state index < -0.39 is 0 Å². The largest absolute Gasteiger partial charge is 0.303 e. The minimum Gasteiger partial charge on any atom is -0.303 e. The lowest BCUT2D eigenvalue weighted by molar-refractivity contribution is 0.0944. The minimum absolute atomic E-state index is 0.556. The van der Waals surface area contributed by atoms with Crippen molar-refractivity contribution in [3.8, 4) is 0 Å². The van der Waals surface area contributed by atoms with Crippen LogP contribution in [0.15, 0.2) is 0 Å². The zero-order valence-corrected chi connectivity index (χ0v) is 12.4. The van der Waals surface area contributed by atoms with Crippen molar-refractivity contribution in [1.82, 2.24) is 4.90 Å². The Morgan fingerprint density at radius 3 is 2.29 bits per heavy atom. The van der Waals surface area contributed by atoms with Gasteiger partial charge >= 0.3 is 0 Å². The van der Waals surface area contributed by atoms with Crippen molar-refractivity contribution in [2.75, 3.05) is 25.4 Å². The van der Waals surface area contributed by atoms with E-state index in [1.807, 2.05) is 0 Å². The van der Waals surface area contributed by atoms with Gasteiger partial charge in [-0.1, -0.05) is 32.6 Å². The van der Waals surface area contributed by atoms with Crippen LogP contribution in [0.25, 0.3) is 0 Å². The zero-order chi connectivity index (χ0) is 12.1. The second-order valence-corrected chi connectivity index (χ2v) is 6.66. The lowest BCUT2D eigenvalue weighted by Gasteiger charge is -2.42. The SMILES string of the molecule is CCC1CCN(CC2(CS)CCCCC2)CC1. The number of hydrogen-bond donors (Lipinski definition) is 1. The van der Waals surface area contributed by atoms with Crippen molar-refractivity contribution in [3.05, 3.63) is 0 Å². The van der Waals surface area contributed by atoms with Crippen LogP contribution in [-0.4, -0.2) is 30.3 Å². The molecule has 1 heterocycles. The normalized spacial score (nSPS) is 27.2. The van der Waals surface area contributed by atoms with E-state index in [9.17, 15) is 0 Å². The standard InChI is InChI=1S/C15H29NS/c1-2-14-6-10-16(11-7-14)12-15(13-17)8-4-3-5-9-15/h14,17H,2-13H2,1H3. The maximum absolute atomic E-state index is 4.66. The Kier molecular flexibility index (Phi) is 5.23. The van der Waals surface area contributed by atoms with E-state index in [2.05, 4.69) is 24.5 Å². The second kappa shape index (κ2) is 6.47. The Labute approximate surface area is 113 Å². The number of hydrogen-bond acceptors (Lipinski definition) is 2. The van der Waals surface area contributed by atoms with Gasteiger partial charge in [0.15, 0.2) is 0 Å². The van der Waals surface area contributed by atoms with E-state index in [0.717, 1.165) is 11.7 Å². The Bertz CT molecular complexity index is 215. The summed E-state index contributed by atoms with van der Waals surface area (Å²) in [6.07, 6.45) is 11.4. The van der Waals surface area contributed by atoms with Crippen LogP contribution >= 0.6 is 12.6 Å². The van der Waals surface area contributed by atoms with Crippen molar-refractivity contribution in [2.24, 2.45) is 11.3 Å². The summed E-state index contributed by atoms with van der Waals surface area (Å²) in [5.74, 6) is 2.10. The van der Waals surface area contributed by atoms with Gasteiger partial charge in [-0.25, -0.2) is 0 Å². The molecule has 17 heavy (non-hydrogen) atoms. The van der Waals surface area contributed by atoms with Gasteiger partial charge in [0.2, 0.25) is 0 Å². The lowest BCUT2D eigenvalue weighted by Crippen LogP contribution is -2.44. The van der Waals surface area contributed by atoms with Crippen molar-refractivity contribution < 1.29 is 0 Å².